The lowest BCUT2D eigenvalue weighted by Crippen LogP contribution is -2.41. The van der Waals surface area contributed by atoms with E-state index in [1.807, 2.05) is 18.3 Å². The van der Waals surface area contributed by atoms with Gasteiger partial charge in [-0.1, -0.05) is 142 Å². The second-order valence-corrected chi connectivity index (χ2v) is 31.7. The molecule has 0 radical (unpaired) electrons. The molecule has 1 aliphatic heterocycles. The Morgan fingerprint density at radius 1 is 0.456 bits per heavy atom. The standard InChI is InChI=1S/C26H24N2Si.C24H24BNO2.C8H12BrNSi/c1-29(2,3)21-14-15-24(27-18-21)19-13-16-26-23(17-19)22-11-7-8-12-25(22)28(26)20-9-5-4-6-10-20;1-23(2)24(3,4)28-25(27-23)17-14-15-22-20(16-17)19-12-8-9-13-21(19)26(22)18-10-6-5-7-11-18;1-11(2,3)7-4-5-8(9)10-6-7/h4-18H,1-3H3;5-16H,1-4H3;4-6H,1-3H3. The van der Waals surface area contributed by atoms with Gasteiger partial charge >= 0.3 is 7.12 Å². The van der Waals surface area contributed by atoms with Gasteiger partial charge in [-0.3, -0.25) is 4.98 Å². The molecule has 10 aromatic rings. The summed E-state index contributed by atoms with van der Waals surface area (Å²) in [4.78, 5) is 8.99. The molecule has 1 saturated heterocycles. The van der Waals surface area contributed by atoms with Gasteiger partial charge in [0.1, 0.15) is 4.60 Å². The molecule has 10 heteroatoms. The third-order valence-electron chi connectivity index (χ3n) is 13.4. The summed E-state index contributed by atoms with van der Waals surface area (Å²) < 4.78 is 18.1. The number of benzene rings is 6. The summed E-state index contributed by atoms with van der Waals surface area (Å²) in [5.74, 6) is 0. The second-order valence-electron chi connectivity index (χ2n) is 20.8. The minimum absolute atomic E-state index is 0.343. The number of rotatable bonds is 6. The van der Waals surface area contributed by atoms with E-state index in [1.165, 1.54) is 59.7 Å². The van der Waals surface area contributed by atoms with Gasteiger partial charge in [0.05, 0.1) is 55.1 Å². The summed E-state index contributed by atoms with van der Waals surface area (Å²) >= 11 is 3.32. The minimum atomic E-state index is -1.34. The van der Waals surface area contributed by atoms with Gasteiger partial charge in [0.2, 0.25) is 0 Å². The number of fused-ring (bicyclic) bond motifs is 6. The zero-order valence-corrected chi connectivity index (χ0v) is 44.5. The Labute approximate surface area is 412 Å². The van der Waals surface area contributed by atoms with Crippen molar-refractivity contribution in [3.8, 4) is 22.6 Å². The molecule has 68 heavy (non-hydrogen) atoms. The number of para-hydroxylation sites is 4. The van der Waals surface area contributed by atoms with Gasteiger partial charge in [-0.25, -0.2) is 4.98 Å². The van der Waals surface area contributed by atoms with Crippen molar-refractivity contribution in [2.45, 2.75) is 78.2 Å². The van der Waals surface area contributed by atoms with Crippen LogP contribution in [0.25, 0.3) is 66.2 Å². The van der Waals surface area contributed by atoms with Gasteiger partial charge in [0.25, 0.3) is 0 Å². The van der Waals surface area contributed by atoms with Gasteiger partial charge in [-0.15, -0.1) is 0 Å². The molecule has 11 rings (SSSR count). The fraction of sp³-hybridized carbons (Fsp3) is 0.207. The van der Waals surface area contributed by atoms with Gasteiger partial charge < -0.3 is 18.4 Å². The lowest BCUT2D eigenvalue weighted by molar-refractivity contribution is 0.00578. The normalized spacial score (nSPS) is 14.5. The number of hydrogen-bond acceptors (Lipinski definition) is 4. The average Bonchev–Trinajstić information content (AvgIpc) is 3.92. The summed E-state index contributed by atoms with van der Waals surface area (Å²) in [6.07, 6.45) is 4.04. The monoisotopic (exact) mass is 990 g/mol. The van der Waals surface area contributed by atoms with E-state index in [9.17, 15) is 0 Å². The largest absolute Gasteiger partial charge is 0.494 e. The minimum Gasteiger partial charge on any atom is -0.399 e. The van der Waals surface area contributed by atoms with Crippen molar-refractivity contribution in [2.75, 3.05) is 0 Å². The average molecular weight is 992 g/mol. The van der Waals surface area contributed by atoms with E-state index in [1.54, 1.807) is 0 Å². The van der Waals surface area contributed by atoms with Crippen LogP contribution in [0, 0.1) is 0 Å². The number of pyridine rings is 2. The number of aromatic nitrogens is 4. The highest BCUT2D eigenvalue weighted by Crippen LogP contribution is 2.38. The molecule has 6 nitrogen and oxygen atoms in total. The molecule has 0 amide bonds. The fourth-order valence-corrected chi connectivity index (χ4v) is 11.1. The van der Waals surface area contributed by atoms with E-state index in [0.717, 1.165) is 27.0 Å². The molecule has 0 saturated carbocycles. The molecule has 342 valence electrons. The quantitative estimate of drug-likeness (QED) is 0.123. The van der Waals surface area contributed by atoms with Crippen molar-refractivity contribution in [2.24, 2.45) is 0 Å². The number of hydrogen-bond donors (Lipinski definition) is 0. The van der Waals surface area contributed by atoms with Crippen LogP contribution >= 0.6 is 15.9 Å². The molecule has 1 fully saturated rings. The molecule has 0 bridgehead atoms. The van der Waals surface area contributed by atoms with E-state index in [0.29, 0.717) is 0 Å². The van der Waals surface area contributed by atoms with Gasteiger partial charge in [-0.2, -0.15) is 0 Å². The smallest absolute Gasteiger partial charge is 0.399 e. The highest BCUT2D eigenvalue weighted by Gasteiger charge is 2.51. The third-order valence-corrected chi connectivity index (χ3v) is 18.0. The fourth-order valence-electron chi connectivity index (χ4n) is 8.79. The first kappa shape index (κ1) is 47.2. The van der Waals surface area contributed by atoms with Crippen LogP contribution < -0.4 is 15.8 Å². The van der Waals surface area contributed by atoms with Crippen molar-refractivity contribution < 1.29 is 9.31 Å². The second kappa shape index (κ2) is 18.6. The van der Waals surface area contributed by atoms with E-state index >= 15 is 0 Å². The Bertz CT molecular complexity index is 3360. The maximum absolute atomic E-state index is 6.27. The van der Waals surface area contributed by atoms with Crippen molar-refractivity contribution in [1.82, 2.24) is 19.1 Å². The number of nitrogens with zero attached hydrogens (tertiary/aromatic N) is 4. The van der Waals surface area contributed by atoms with Crippen LogP contribution in [0.5, 0.6) is 0 Å². The Balaban J connectivity index is 0.000000140. The Hall–Kier alpha value is -5.88. The molecule has 0 atom stereocenters. The zero-order valence-electron chi connectivity index (χ0n) is 40.9. The first-order valence-corrected chi connectivity index (χ1v) is 31.3. The van der Waals surface area contributed by atoms with Crippen LogP contribution in [-0.2, 0) is 9.31 Å². The van der Waals surface area contributed by atoms with Crippen molar-refractivity contribution in [1.29, 1.82) is 0 Å². The lowest BCUT2D eigenvalue weighted by atomic mass is 9.78. The van der Waals surface area contributed by atoms with Gasteiger partial charge in [0.15, 0.2) is 0 Å². The summed E-state index contributed by atoms with van der Waals surface area (Å²) in [5, 5.41) is 7.78. The SMILES string of the molecule is CC1(C)OB(c2ccc3c(c2)c2ccccc2n3-c2ccccc2)OC1(C)C.C[Si](C)(C)c1ccc(-c2ccc3c(c2)c2ccccc2n3-c2ccccc2)nc1.C[Si](C)(C)c1ccc(Br)nc1. The molecule has 0 unspecified atom stereocenters. The summed E-state index contributed by atoms with van der Waals surface area (Å²) in [6, 6.07) is 60.1. The first-order chi connectivity index (χ1) is 32.4. The number of halogens is 1. The van der Waals surface area contributed by atoms with E-state index < -0.39 is 16.1 Å². The van der Waals surface area contributed by atoms with E-state index in [-0.39, 0.29) is 18.3 Å². The molecule has 5 heterocycles. The molecule has 1 aliphatic rings. The molecule has 0 N–H and O–H groups in total. The Morgan fingerprint density at radius 3 is 1.37 bits per heavy atom. The van der Waals surface area contributed by atoms with Crippen molar-refractivity contribution in [3.63, 3.8) is 0 Å². The van der Waals surface area contributed by atoms with Gasteiger partial charge in [0, 0.05) is 50.9 Å². The maximum Gasteiger partial charge on any atom is 0.494 e. The molecule has 6 aromatic carbocycles. The third kappa shape index (κ3) is 9.45. The Morgan fingerprint density at radius 2 is 0.897 bits per heavy atom. The highest BCUT2D eigenvalue weighted by atomic mass is 79.9. The molecular formula is C58H60BBrN4O2Si2. The topological polar surface area (TPSA) is 54.1 Å². The highest BCUT2D eigenvalue weighted by molar-refractivity contribution is 9.10. The molecule has 0 spiro atoms. The summed E-state index contributed by atoms with van der Waals surface area (Å²) in [7, 11) is -2.83. The Kier molecular flexibility index (Phi) is 12.9. The predicted molar refractivity (Wildman–Crippen MR) is 298 cm³/mol. The van der Waals surface area contributed by atoms with Crippen molar-refractivity contribution >= 4 is 98.6 Å². The maximum atomic E-state index is 6.27. The van der Waals surface area contributed by atoms with Crippen LogP contribution in [-0.4, -0.2) is 53.6 Å². The zero-order chi connectivity index (χ0) is 48.0. The van der Waals surface area contributed by atoms with E-state index in [2.05, 4.69) is 261 Å². The summed E-state index contributed by atoms with van der Waals surface area (Å²) in [5.41, 5.74) is 9.76. The van der Waals surface area contributed by atoms with Gasteiger partial charge in [-0.05, 0) is 126 Å². The summed E-state index contributed by atoms with van der Waals surface area (Å²) in [6.45, 7) is 22.4. The van der Waals surface area contributed by atoms with Crippen LogP contribution in [0.4, 0.5) is 0 Å². The predicted octanol–water partition coefficient (Wildman–Crippen LogP) is 13.9. The van der Waals surface area contributed by atoms with Crippen LogP contribution in [0.1, 0.15) is 27.7 Å². The van der Waals surface area contributed by atoms with Crippen LogP contribution in [0.15, 0.2) is 187 Å². The van der Waals surface area contributed by atoms with E-state index in [4.69, 9.17) is 14.3 Å². The van der Waals surface area contributed by atoms with Crippen LogP contribution in [0.2, 0.25) is 39.3 Å². The first-order valence-electron chi connectivity index (χ1n) is 23.5. The van der Waals surface area contributed by atoms with Crippen molar-refractivity contribution in [3.05, 3.63) is 187 Å². The molecule has 0 aliphatic carbocycles. The van der Waals surface area contributed by atoms with Crippen LogP contribution in [0.3, 0.4) is 0 Å². The molecule has 4 aromatic heterocycles. The molecular weight excluding hydrogens is 932 g/mol. The lowest BCUT2D eigenvalue weighted by Gasteiger charge is -2.32.